The Morgan fingerprint density at radius 3 is 2.11 bits per heavy atom. The molecular formula is C14H22F2N2. The molecule has 1 aromatic rings. The Morgan fingerprint density at radius 1 is 1.22 bits per heavy atom. The first-order chi connectivity index (χ1) is 8.29. The number of nitrogens with two attached hydrogens (primary N) is 1. The predicted molar refractivity (Wildman–Crippen MR) is 70.4 cm³/mol. The van der Waals surface area contributed by atoms with Gasteiger partial charge >= 0.3 is 0 Å². The molecule has 2 N–H and O–H groups in total. The molecule has 0 bridgehead atoms. The predicted octanol–water partition coefficient (Wildman–Crippen LogP) is 2.56. The molecule has 0 amide bonds. The van der Waals surface area contributed by atoms with E-state index < -0.39 is 11.6 Å². The zero-order valence-corrected chi connectivity index (χ0v) is 11.5. The summed E-state index contributed by atoms with van der Waals surface area (Å²) in [4.78, 5) is 2.06. The molecule has 0 radical (unpaired) electrons. The molecule has 1 rings (SSSR count). The highest BCUT2D eigenvalue weighted by molar-refractivity contribution is 5.20. The number of nitrogens with zero attached hydrogens (tertiary/aromatic N) is 1. The number of hydrogen-bond acceptors (Lipinski definition) is 2. The summed E-state index contributed by atoms with van der Waals surface area (Å²) >= 11 is 0. The fraction of sp³-hybridized carbons (Fsp3) is 0.571. The maximum atomic E-state index is 13.1. The van der Waals surface area contributed by atoms with Crippen molar-refractivity contribution >= 4 is 0 Å². The van der Waals surface area contributed by atoms with Crippen LogP contribution < -0.4 is 5.73 Å². The average Bonchev–Trinajstić information content (AvgIpc) is 2.25. The van der Waals surface area contributed by atoms with E-state index in [0.29, 0.717) is 12.0 Å². The van der Waals surface area contributed by atoms with Crippen molar-refractivity contribution in [2.45, 2.75) is 38.3 Å². The van der Waals surface area contributed by atoms with Gasteiger partial charge in [0.05, 0.1) is 0 Å². The van der Waals surface area contributed by atoms with Gasteiger partial charge in [0.15, 0.2) is 0 Å². The van der Waals surface area contributed by atoms with Gasteiger partial charge in [-0.1, -0.05) is 6.92 Å². The summed E-state index contributed by atoms with van der Waals surface area (Å²) in [6, 6.07) is 3.38. The lowest BCUT2D eigenvalue weighted by Crippen LogP contribution is -2.55. The first-order valence-electron chi connectivity index (χ1n) is 6.17. The fourth-order valence-corrected chi connectivity index (χ4v) is 2.11. The highest BCUT2D eigenvalue weighted by Gasteiger charge is 2.32. The van der Waals surface area contributed by atoms with Crippen molar-refractivity contribution in [1.82, 2.24) is 4.90 Å². The molecule has 2 atom stereocenters. The molecule has 0 aliphatic carbocycles. The van der Waals surface area contributed by atoms with E-state index in [2.05, 4.69) is 18.7 Å². The minimum atomic E-state index is -0.555. The fourth-order valence-electron chi connectivity index (χ4n) is 2.11. The number of hydrogen-bond donors (Lipinski definition) is 1. The van der Waals surface area contributed by atoms with Crippen molar-refractivity contribution in [3.8, 4) is 0 Å². The van der Waals surface area contributed by atoms with E-state index in [1.807, 2.05) is 14.1 Å². The molecule has 0 spiro atoms. The summed E-state index contributed by atoms with van der Waals surface area (Å²) < 4.78 is 26.2. The zero-order chi connectivity index (χ0) is 13.9. The van der Waals surface area contributed by atoms with Crippen LogP contribution in [0.15, 0.2) is 18.2 Å². The Kier molecular flexibility index (Phi) is 4.82. The smallest absolute Gasteiger partial charge is 0.126 e. The van der Waals surface area contributed by atoms with Gasteiger partial charge in [0.1, 0.15) is 11.6 Å². The van der Waals surface area contributed by atoms with Crippen LogP contribution >= 0.6 is 0 Å². The number of likely N-dealkylation sites (N-methyl/N-ethyl adjacent to an activating group) is 1. The summed E-state index contributed by atoms with van der Waals surface area (Å²) in [6.45, 7) is 4.12. The Morgan fingerprint density at radius 2 is 1.72 bits per heavy atom. The summed E-state index contributed by atoms with van der Waals surface area (Å²) in [6.07, 6.45) is 1.33. The van der Waals surface area contributed by atoms with Gasteiger partial charge in [0.25, 0.3) is 0 Å². The van der Waals surface area contributed by atoms with Crippen LogP contribution in [0.3, 0.4) is 0 Å². The van der Waals surface area contributed by atoms with Gasteiger partial charge < -0.3 is 10.6 Å². The zero-order valence-electron chi connectivity index (χ0n) is 11.5. The van der Waals surface area contributed by atoms with E-state index in [-0.39, 0.29) is 11.6 Å². The van der Waals surface area contributed by atoms with Gasteiger partial charge in [0, 0.05) is 17.6 Å². The third-order valence-electron chi connectivity index (χ3n) is 3.91. The molecule has 0 heterocycles. The summed E-state index contributed by atoms with van der Waals surface area (Å²) in [7, 11) is 3.94. The van der Waals surface area contributed by atoms with Crippen molar-refractivity contribution in [1.29, 1.82) is 0 Å². The summed E-state index contributed by atoms with van der Waals surface area (Å²) in [5.74, 6) is -1.11. The van der Waals surface area contributed by atoms with Crippen LogP contribution in [-0.4, -0.2) is 30.6 Å². The lowest BCUT2D eigenvalue weighted by Gasteiger charge is -2.41. The first kappa shape index (κ1) is 15.1. The molecule has 2 unspecified atom stereocenters. The highest BCUT2D eigenvalue weighted by Crippen LogP contribution is 2.23. The van der Waals surface area contributed by atoms with Crippen LogP contribution in [0, 0.1) is 11.6 Å². The molecule has 2 nitrogen and oxygen atoms in total. The monoisotopic (exact) mass is 256 g/mol. The quantitative estimate of drug-likeness (QED) is 0.877. The molecule has 0 aromatic heterocycles. The Balaban J connectivity index is 2.89. The van der Waals surface area contributed by atoms with E-state index in [4.69, 9.17) is 5.73 Å². The molecule has 0 fully saturated rings. The normalized spacial score (nSPS) is 16.7. The van der Waals surface area contributed by atoms with Crippen molar-refractivity contribution < 1.29 is 8.78 Å². The van der Waals surface area contributed by atoms with E-state index >= 15 is 0 Å². The van der Waals surface area contributed by atoms with Gasteiger partial charge in [0.2, 0.25) is 0 Å². The van der Waals surface area contributed by atoms with Gasteiger partial charge in [-0.05, 0) is 51.6 Å². The largest absolute Gasteiger partial charge is 0.326 e. The van der Waals surface area contributed by atoms with E-state index in [1.54, 1.807) is 0 Å². The lowest BCUT2D eigenvalue weighted by molar-refractivity contribution is 0.131. The minimum absolute atomic E-state index is 0.182. The van der Waals surface area contributed by atoms with Gasteiger partial charge in [-0.3, -0.25) is 0 Å². The molecule has 18 heavy (non-hydrogen) atoms. The summed E-state index contributed by atoms with van der Waals surface area (Å²) in [5, 5.41) is 0. The van der Waals surface area contributed by atoms with Gasteiger partial charge in [-0.2, -0.15) is 0 Å². The first-order valence-corrected chi connectivity index (χ1v) is 6.17. The van der Waals surface area contributed by atoms with Gasteiger partial charge in [-0.15, -0.1) is 0 Å². The van der Waals surface area contributed by atoms with Crippen molar-refractivity contribution in [2.24, 2.45) is 5.73 Å². The van der Waals surface area contributed by atoms with Crippen molar-refractivity contribution in [3.05, 3.63) is 35.4 Å². The summed E-state index contributed by atoms with van der Waals surface area (Å²) in [5.41, 5.74) is 6.62. The maximum Gasteiger partial charge on any atom is 0.126 e. The molecule has 0 aliphatic heterocycles. The Hall–Kier alpha value is -1.00. The van der Waals surface area contributed by atoms with E-state index in [0.717, 1.165) is 12.5 Å². The molecule has 102 valence electrons. The van der Waals surface area contributed by atoms with Crippen LogP contribution in [0.2, 0.25) is 0 Å². The lowest BCUT2D eigenvalue weighted by atomic mass is 9.85. The standard InChI is InChI=1S/C14H22F2N2/c1-5-14(2,18(3)4)13(17)8-10-6-11(15)9-12(16)7-10/h6-7,9,13H,5,8,17H2,1-4H3. The molecule has 0 aliphatic rings. The van der Waals surface area contributed by atoms with Crippen LogP contribution in [0.25, 0.3) is 0 Å². The number of benzene rings is 1. The number of halogens is 2. The topological polar surface area (TPSA) is 29.3 Å². The second-order valence-electron chi connectivity index (χ2n) is 5.19. The van der Waals surface area contributed by atoms with Crippen molar-refractivity contribution in [2.75, 3.05) is 14.1 Å². The van der Waals surface area contributed by atoms with Crippen LogP contribution in [0.1, 0.15) is 25.8 Å². The minimum Gasteiger partial charge on any atom is -0.326 e. The molecular weight excluding hydrogens is 234 g/mol. The van der Waals surface area contributed by atoms with E-state index in [9.17, 15) is 8.78 Å². The van der Waals surface area contributed by atoms with Crippen LogP contribution in [0.4, 0.5) is 8.78 Å². The molecule has 0 saturated carbocycles. The third kappa shape index (κ3) is 3.27. The Labute approximate surface area is 108 Å². The molecule has 0 saturated heterocycles. The third-order valence-corrected chi connectivity index (χ3v) is 3.91. The Bertz CT molecular complexity index is 387. The average molecular weight is 256 g/mol. The van der Waals surface area contributed by atoms with Crippen LogP contribution in [-0.2, 0) is 6.42 Å². The number of rotatable bonds is 5. The molecule has 1 aromatic carbocycles. The van der Waals surface area contributed by atoms with E-state index in [1.165, 1.54) is 12.1 Å². The molecule has 4 heteroatoms. The highest BCUT2D eigenvalue weighted by atomic mass is 19.1. The van der Waals surface area contributed by atoms with Crippen molar-refractivity contribution in [3.63, 3.8) is 0 Å². The maximum absolute atomic E-state index is 13.1. The van der Waals surface area contributed by atoms with Crippen LogP contribution in [0.5, 0.6) is 0 Å². The van der Waals surface area contributed by atoms with Gasteiger partial charge in [-0.25, -0.2) is 8.78 Å². The second kappa shape index (κ2) is 5.76. The second-order valence-corrected chi connectivity index (χ2v) is 5.19. The SMILES string of the molecule is CCC(C)(C(N)Cc1cc(F)cc(F)c1)N(C)C.